The zero-order valence-electron chi connectivity index (χ0n) is 18.6. The van der Waals surface area contributed by atoms with Crippen LogP contribution < -0.4 is 0 Å². The highest BCUT2D eigenvalue weighted by molar-refractivity contribution is 7.17. The fraction of sp³-hybridized carbons (Fsp3) is 0.360. The van der Waals surface area contributed by atoms with Crippen LogP contribution in [0.5, 0.6) is 0 Å². The molecule has 1 amide bonds. The summed E-state index contributed by atoms with van der Waals surface area (Å²) in [5, 5.41) is 0.791. The molecule has 0 saturated carbocycles. The van der Waals surface area contributed by atoms with Gasteiger partial charge >= 0.3 is 5.97 Å². The highest BCUT2D eigenvalue weighted by atomic mass is 32.1. The number of thiazole rings is 1. The monoisotopic (exact) mass is 449 g/mol. The van der Waals surface area contributed by atoms with Crippen LogP contribution in [0.25, 0.3) is 10.6 Å². The van der Waals surface area contributed by atoms with Gasteiger partial charge < -0.3 is 9.64 Å². The Hall–Kier alpha value is -3.06. The van der Waals surface area contributed by atoms with Crippen molar-refractivity contribution in [1.29, 1.82) is 0 Å². The van der Waals surface area contributed by atoms with Gasteiger partial charge in [-0.3, -0.25) is 14.6 Å². The first-order chi connectivity index (χ1) is 15.5. The number of aromatic nitrogens is 2. The van der Waals surface area contributed by atoms with Gasteiger partial charge in [0.2, 0.25) is 0 Å². The SMILES string of the molecule is CCOC(=O)[C@@H]1CCN(C(=O)c2sc(-c3ccc(C)nc3)nc2C)C[C@H]1c1ccccc1. The number of likely N-dealkylation sites (tertiary alicyclic amines) is 1. The van der Waals surface area contributed by atoms with Crippen LogP contribution in [0.15, 0.2) is 48.7 Å². The van der Waals surface area contributed by atoms with E-state index < -0.39 is 0 Å². The van der Waals surface area contributed by atoms with E-state index in [-0.39, 0.29) is 23.7 Å². The lowest BCUT2D eigenvalue weighted by Gasteiger charge is -2.37. The minimum absolute atomic E-state index is 0.0328. The molecule has 0 bridgehead atoms. The number of carbonyl (C=O) groups is 2. The first kappa shape index (κ1) is 22.1. The summed E-state index contributed by atoms with van der Waals surface area (Å²) in [5.41, 5.74) is 3.62. The van der Waals surface area contributed by atoms with Gasteiger partial charge in [-0.15, -0.1) is 11.3 Å². The molecule has 1 aliphatic rings. The number of hydrogen-bond acceptors (Lipinski definition) is 6. The second-order valence-electron chi connectivity index (χ2n) is 8.04. The Morgan fingerprint density at radius 2 is 1.94 bits per heavy atom. The summed E-state index contributed by atoms with van der Waals surface area (Å²) in [5.74, 6) is -0.564. The number of hydrogen-bond donors (Lipinski definition) is 0. The molecule has 1 aromatic carbocycles. The van der Waals surface area contributed by atoms with Crippen LogP contribution >= 0.6 is 11.3 Å². The molecule has 0 unspecified atom stereocenters. The highest BCUT2D eigenvalue weighted by Crippen LogP contribution is 2.35. The van der Waals surface area contributed by atoms with Crippen LogP contribution in [0.4, 0.5) is 0 Å². The number of esters is 1. The van der Waals surface area contributed by atoms with E-state index in [1.165, 1.54) is 11.3 Å². The number of rotatable bonds is 5. The van der Waals surface area contributed by atoms with Crippen molar-refractivity contribution in [3.8, 4) is 10.6 Å². The van der Waals surface area contributed by atoms with Gasteiger partial charge in [0.15, 0.2) is 0 Å². The molecule has 1 fully saturated rings. The molecular weight excluding hydrogens is 422 g/mol. The van der Waals surface area contributed by atoms with Crippen molar-refractivity contribution in [2.45, 2.75) is 33.1 Å². The van der Waals surface area contributed by atoms with Gasteiger partial charge in [-0.05, 0) is 44.9 Å². The summed E-state index contributed by atoms with van der Waals surface area (Å²) in [6.45, 7) is 6.98. The first-order valence-corrected chi connectivity index (χ1v) is 11.7. The quantitative estimate of drug-likeness (QED) is 0.531. The molecule has 2 atom stereocenters. The second-order valence-corrected chi connectivity index (χ2v) is 9.04. The fourth-order valence-corrected chi connectivity index (χ4v) is 5.19. The van der Waals surface area contributed by atoms with Crippen LogP contribution in [0.3, 0.4) is 0 Å². The minimum Gasteiger partial charge on any atom is -0.466 e. The van der Waals surface area contributed by atoms with E-state index in [9.17, 15) is 9.59 Å². The molecule has 0 N–H and O–H groups in total. The molecule has 0 spiro atoms. The summed E-state index contributed by atoms with van der Waals surface area (Å²) >= 11 is 1.40. The van der Waals surface area contributed by atoms with Gasteiger partial charge in [0.1, 0.15) is 9.88 Å². The Bertz CT molecular complexity index is 1100. The van der Waals surface area contributed by atoms with E-state index in [4.69, 9.17) is 4.74 Å². The molecule has 7 heteroatoms. The number of amides is 1. The Morgan fingerprint density at radius 3 is 2.62 bits per heavy atom. The van der Waals surface area contributed by atoms with Crippen molar-refractivity contribution in [2.75, 3.05) is 19.7 Å². The Balaban J connectivity index is 1.58. The van der Waals surface area contributed by atoms with E-state index >= 15 is 0 Å². The highest BCUT2D eigenvalue weighted by Gasteiger charge is 2.38. The summed E-state index contributed by atoms with van der Waals surface area (Å²) in [6, 6.07) is 13.8. The average molecular weight is 450 g/mol. The second kappa shape index (κ2) is 9.61. The molecule has 6 nitrogen and oxygen atoms in total. The van der Waals surface area contributed by atoms with Crippen LogP contribution in [0, 0.1) is 19.8 Å². The number of aryl methyl sites for hydroxylation is 2. The molecule has 1 saturated heterocycles. The van der Waals surface area contributed by atoms with Crippen molar-refractivity contribution in [2.24, 2.45) is 5.92 Å². The maximum Gasteiger partial charge on any atom is 0.309 e. The van der Waals surface area contributed by atoms with E-state index in [1.807, 2.05) is 68.1 Å². The van der Waals surface area contributed by atoms with Crippen LogP contribution in [-0.2, 0) is 9.53 Å². The summed E-state index contributed by atoms with van der Waals surface area (Å²) < 4.78 is 5.34. The third kappa shape index (κ3) is 4.58. The maximum atomic E-state index is 13.5. The molecule has 166 valence electrons. The smallest absolute Gasteiger partial charge is 0.309 e. The standard InChI is InChI=1S/C25H27N3O3S/c1-4-31-25(30)20-12-13-28(15-21(20)18-8-6-5-7-9-18)24(29)22-17(3)27-23(32-22)19-11-10-16(2)26-14-19/h5-11,14,20-21H,4,12-13,15H2,1-3H3/t20-,21+/m1/s1. The summed E-state index contributed by atoms with van der Waals surface area (Å²) in [4.78, 5) is 37.6. The fourth-order valence-electron chi connectivity index (χ4n) is 4.16. The maximum absolute atomic E-state index is 13.5. The van der Waals surface area contributed by atoms with Crippen LogP contribution in [0.2, 0.25) is 0 Å². The lowest BCUT2D eigenvalue weighted by molar-refractivity contribution is -0.150. The van der Waals surface area contributed by atoms with E-state index in [1.54, 1.807) is 6.20 Å². The van der Waals surface area contributed by atoms with E-state index in [0.29, 0.717) is 31.0 Å². The number of piperidine rings is 1. The molecule has 4 rings (SSSR count). The van der Waals surface area contributed by atoms with Crippen molar-refractivity contribution in [3.63, 3.8) is 0 Å². The molecule has 32 heavy (non-hydrogen) atoms. The molecule has 1 aliphatic heterocycles. The summed E-state index contributed by atoms with van der Waals surface area (Å²) in [7, 11) is 0. The number of benzene rings is 1. The predicted molar refractivity (Wildman–Crippen MR) is 125 cm³/mol. The largest absolute Gasteiger partial charge is 0.466 e. The molecule has 3 aromatic rings. The van der Waals surface area contributed by atoms with Gasteiger partial charge in [-0.2, -0.15) is 0 Å². The van der Waals surface area contributed by atoms with Crippen molar-refractivity contribution in [1.82, 2.24) is 14.9 Å². The van der Waals surface area contributed by atoms with Crippen molar-refractivity contribution >= 4 is 23.2 Å². The average Bonchev–Trinajstić information content (AvgIpc) is 3.21. The first-order valence-electron chi connectivity index (χ1n) is 10.9. The van der Waals surface area contributed by atoms with Gasteiger partial charge in [-0.25, -0.2) is 4.98 Å². The third-order valence-electron chi connectivity index (χ3n) is 5.87. The third-order valence-corrected chi connectivity index (χ3v) is 7.06. The van der Waals surface area contributed by atoms with Crippen molar-refractivity contribution < 1.29 is 14.3 Å². The van der Waals surface area contributed by atoms with Gasteiger partial charge in [-0.1, -0.05) is 30.3 Å². The number of ether oxygens (including phenoxy) is 1. The predicted octanol–water partition coefficient (Wildman–Crippen LogP) is 4.63. The van der Waals surface area contributed by atoms with Crippen molar-refractivity contribution in [3.05, 3.63) is 70.5 Å². The molecule has 3 heterocycles. The molecule has 2 aromatic heterocycles. The Morgan fingerprint density at radius 1 is 1.16 bits per heavy atom. The summed E-state index contributed by atoms with van der Waals surface area (Å²) in [6.07, 6.45) is 2.37. The number of carbonyl (C=O) groups excluding carboxylic acids is 2. The molecule has 0 aliphatic carbocycles. The van der Waals surface area contributed by atoms with E-state index in [0.717, 1.165) is 27.5 Å². The zero-order chi connectivity index (χ0) is 22.7. The normalized spacial score (nSPS) is 18.4. The van der Waals surface area contributed by atoms with E-state index in [2.05, 4.69) is 9.97 Å². The Kier molecular flexibility index (Phi) is 6.65. The van der Waals surface area contributed by atoms with Crippen LogP contribution in [0.1, 0.15) is 45.9 Å². The zero-order valence-corrected chi connectivity index (χ0v) is 19.4. The minimum atomic E-state index is -0.252. The number of pyridine rings is 1. The van der Waals surface area contributed by atoms with Crippen LogP contribution in [-0.4, -0.2) is 46.4 Å². The van der Waals surface area contributed by atoms with Gasteiger partial charge in [0.05, 0.1) is 18.2 Å². The van der Waals surface area contributed by atoms with Gasteiger partial charge in [0.25, 0.3) is 5.91 Å². The Labute approximate surface area is 192 Å². The topological polar surface area (TPSA) is 72.4 Å². The lowest BCUT2D eigenvalue weighted by atomic mass is 9.80. The molecule has 0 radical (unpaired) electrons. The van der Waals surface area contributed by atoms with Gasteiger partial charge in [0, 0.05) is 36.5 Å². The molecular formula is C25H27N3O3S. The lowest BCUT2D eigenvalue weighted by Crippen LogP contribution is -2.45. The number of nitrogens with zero attached hydrogens (tertiary/aromatic N) is 3.